The minimum absolute atomic E-state index is 0.109. The zero-order chi connectivity index (χ0) is 20.8. The Labute approximate surface area is 159 Å². The molecule has 10 nitrogen and oxygen atoms in total. The summed E-state index contributed by atoms with van der Waals surface area (Å²) in [5.41, 5.74) is 7.10. The van der Waals surface area contributed by atoms with Gasteiger partial charge in [0.05, 0.1) is 10.5 Å². The van der Waals surface area contributed by atoms with E-state index >= 15 is 0 Å². The van der Waals surface area contributed by atoms with Gasteiger partial charge in [-0.05, 0) is 43.2 Å². The van der Waals surface area contributed by atoms with Gasteiger partial charge in [-0.3, -0.25) is 20.2 Å². The van der Waals surface area contributed by atoms with Gasteiger partial charge in [0.25, 0.3) is 11.6 Å². The van der Waals surface area contributed by atoms with Crippen LogP contribution in [0.1, 0.15) is 21.5 Å². The van der Waals surface area contributed by atoms with Gasteiger partial charge in [-0.2, -0.15) is 0 Å². The molecule has 2 aromatic rings. The van der Waals surface area contributed by atoms with Crippen molar-refractivity contribution in [2.45, 2.75) is 13.8 Å². The SMILES string of the molecule is Cc1cccc(NC(=O)NC(=O)COC(=O)c2ccc(N)c([N+](=O)[O-])c2)c1C. The molecule has 0 unspecified atom stereocenters. The summed E-state index contributed by atoms with van der Waals surface area (Å²) < 4.78 is 4.76. The first-order valence-corrected chi connectivity index (χ1v) is 8.07. The third-order valence-electron chi connectivity index (χ3n) is 3.90. The molecule has 10 heteroatoms. The van der Waals surface area contributed by atoms with E-state index in [1.807, 2.05) is 25.2 Å². The molecule has 0 radical (unpaired) electrons. The molecule has 0 fully saturated rings. The molecule has 0 aliphatic rings. The number of nitrogens with one attached hydrogen (secondary N) is 2. The van der Waals surface area contributed by atoms with E-state index in [1.54, 1.807) is 12.1 Å². The lowest BCUT2D eigenvalue weighted by Crippen LogP contribution is -2.37. The van der Waals surface area contributed by atoms with Gasteiger partial charge in [-0.15, -0.1) is 0 Å². The molecule has 0 saturated heterocycles. The summed E-state index contributed by atoms with van der Waals surface area (Å²) in [5, 5.41) is 15.4. The van der Waals surface area contributed by atoms with Gasteiger partial charge in [0.2, 0.25) is 0 Å². The summed E-state index contributed by atoms with van der Waals surface area (Å²) in [7, 11) is 0. The number of anilines is 2. The first kappa shape index (κ1) is 20.4. The number of nitrogens with zero attached hydrogens (tertiary/aromatic N) is 1. The molecule has 2 rings (SSSR count). The third-order valence-corrected chi connectivity index (χ3v) is 3.90. The van der Waals surface area contributed by atoms with Gasteiger partial charge in [0.1, 0.15) is 5.69 Å². The molecule has 2 aromatic carbocycles. The highest BCUT2D eigenvalue weighted by Gasteiger charge is 2.18. The summed E-state index contributed by atoms with van der Waals surface area (Å²) >= 11 is 0. The van der Waals surface area contributed by atoms with E-state index in [0.717, 1.165) is 17.2 Å². The molecule has 0 aliphatic heterocycles. The van der Waals surface area contributed by atoms with Gasteiger partial charge in [0.15, 0.2) is 6.61 Å². The Kier molecular flexibility index (Phi) is 6.27. The number of aryl methyl sites for hydroxylation is 1. The van der Waals surface area contributed by atoms with Crippen molar-refractivity contribution in [1.82, 2.24) is 5.32 Å². The highest BCUT2D eigenvalue weighted by atomic mass is 16.6. The van der Waals surface area contributed by atoms with Crippen LogP contribution in [0.3, 0.4) is 0 Å². The van der Waals surface area contributed by atoms with Crippen molar-refractivity contribution in [1.29, 1.82) is 0 Å². The van der Waals surface area contributed by atoms with Crippen LogP contribution in [-0.2, 0) is 9.53 Å². The molecule has 0 aromatic heterocycles. The minimum atomic E-state index is -0.965. The molecule has 4 N–H and O–H groups in total. The number of nitrogen functional groups attached to an aromatic ring is 1. The first-order chi connectivity index (χ1) is 13.2. The highest BCUT2D eigenvalue weighted by Crippen LogP contribution is 2.22. The number of imide groups is 1. The Morgan fingerprint density at radius 2 is 1.89 bits per heavy atom. The Morgan fingerprint density at radius 3 is 2.57 bits per heavy atom. The van der Waals surface area contributed by atoms with Crippen LogP contribution in [0.5, 0.6) is 0 Å². The topological polar surface area (TPSA) is 154 Å². The van der Waals surface area contributed by atoms with E-state index < -0.39 is 35.1 Å². The largest absolute Gasteiger partial charge is 0.452 e. The van der Waals surface area contributed by atoms with Crippen LogP contribution in [0, 0.1) is 24.0 Å². The fourth-order valence-corrected chi connectivity index (χ4v) is 2.25. The Morgan fingerprint density at radius 1 is 1.18 bits per heavy atom. The number of ether oxygens (including phenoxy) is 1. The van der Waals surface area contributed by atoms with Gasteiger partial charge >= 0.3 is 12.0 Å². The number of hydrogen-bond acceptors (Lipinski definition) is 7. The van der Waals surface area contributed by atoms with Crippen molar-refractivity contribution in [2.75, 3.05) is 17.7 Å². The van der Waals surface area contributed by atoms with Gasteiger partial charge in [-0.25, -0.2) is 9.59 Å². The van der Waals surface area contributed by atoms with Crippen LogP contribution >= 0.6 is 0 Å². The van der Waals surface area contributed by atoms with Crippen LogP contribution in [0.2, 0.25) is 0 Å². The standard InChI is InChI=1S/C18H18N4O6/c1-10-4-3-5-14(11(10)2)20-18(25)21-16(23)9-28-17(24)12-6-7-13(19)15(8-12)22(26)27/h3-8H,9,19H2,1-2H3,(H2,20,21,23,25). The minimum Gasteiger partial charge on any atom is -0.452 e. The fourth-order valence-electron chi connectivity index (χ4n) is 2.25. The summed E-state index contributed by atoms with van der Waals surface area (Å²) in [6.45, 7) is 2.96. The summed E-state index contributed by atoms with van der Waals surface area (Å²) in [5.74, 6) is -1.82. The average Bonchev–Trinajstić information content (AvgIpc) is 2.63. The van der Waals surface area contributed by atoms with Crippen LogP contribution < -0.4 is 16.4 Å². The van der Waals surface area contributed by atoms with Crippen molar-refractivity contribution < 1.29 is 24.0 Å². The maximum Gasteiger partial charge on any atom is 0.338 e. The number of nitro benzene ring substituents is 1. The average molecular weight is 386 g/mol. The van der Waals surface area contributed by atoms with Gasteiger partial charge in [-0.1, -0.05) is 12.1 Å². The van der Waals surface area contributed by atoms with Crippen LogP contribution in [-0.4, -0.2) is 29.4 Å². The van der Waals surface area contributed by atoms with E-state index in [4.69, 9.17) is 10.5 Å². The third kappa shape index (κ3) is 5.04. The number of urea groups is 1. The van der Waals surface area contributed by atoms with Crippen molar-refractivity contribution in [3.8, 4) is 0 Å². The number of carbonyl (C=O) groups excluding carboxylic acids is 3. The number of benzene rings is 2. The van der Waals surface area contributed by atoms with Crippen LogP contribution in [0.4, 0.5) is 21.9 Å². The number of carbonyl (C=O) groups is 3. The van der Waals surface area contributed by atoms with E-state index in [0.29, 0.717) is 5.69 Å². The second kappa shape index (κ2) is 8.62. The molecule has 0 atom stereocenters. The quantitative estimate of drug-likeness (QED) is 0.308. The van der Waals surface area contributed by atoms with Gasteiger partial charge < -0.3 is 15.8 Å². The van der Waals surface area contributed by atoms with Crippen molar-refractivity contribution in [2.24, 2.45) is 0 Å². The Bertz CT molecular complexity index is 957. The number of nitrogens with two attached hydrogens (primary N) is 1. The lowest BCUT2D eigenvalue weighted by molar-refractivity contribution is -0.383. The maximum atomic E-state index is 11.9. The lowest BCUT2D eigenvalue weighted by atomic mass is 10.1. The molecule has 0 saturated carbocycles. The monoisotopic (exact) mass is 386 g/mol. The first-order valence-electron chi connectivity index (χ1n) is 8.07. The molecule has 28 heavy (non-hydrogen) atoms. The zero-order valence-electron chi connectivity index (χ0n) is 15.1. The zero-order valence-corrected chi connectivity index (χ0v) is 15.1. The van der Waals surface area contributed by atoms with Crippen LogP contribution in [0.25, 0.3) is 0 Å². The predicted octanol–water partition coefficient (Wildman–Crippen LogP) is 2.30. The molecule has 0 spiro atoms. The number of rotatable bonds is 5. The van der Waals surface area contributed by atoms with E-state index in [9.17, 15) is 24.5 Å². The number of nitro groups is 1. The van der Waals surface area contributed by atoms with E-state index in [2.05, 4.69) is 5.32 Å². The molecule has 3 amide bonds. The molecular weight excluding hydrogens is 368 g/mol. The van der Waals surface area contributed by atoms with Crippen molar-refractivity contribution in [3.63, 3.8) is 0 Å². The molecular formula is C18H18N4O6. The Balaban J connectivity index is 1.90. The summed E-state index contributed by atoms with van der Waals surface area (Å²) in [4.78, 5) is 45.7. The van der Waals surface area contributed by atoms with Crippen molar-refractivity contribution in [3.05, 3.63) is 63.2 Å². The molecule has 0 aliphatic carbocycles. The smallest absolute Gasteiger partial charge is 0.338 e. The van der Waals surface area contributed by atoms with E-state index in [1.165, 1.54) is 12.1 Å². The number of amides is 3. The van der Waals surface area contributed by atoms with E-state index in [-0.39, 0.29) is 11.3 Å². The normalized spacial score (nSPS) is 10.1. The molecule has 0 heterocycles. The second-order valence-corrected chi connectivity index (χ2v) is 5.86. The maximum absolute atomic E-state index is 11.9. The highest BCUT2D eigenvalue weighted by molar-refractivity contribution is 6.02. The summed E-state index contributed by atoms with van der Waals surface area (Å²) in [6.07, 6.45) is 0. The summed E-state index contributed by atoms with van der Waals surface area (Å²) in [6, 6.07) is 7.90. The van der Waals surface area contributed by atoms with Gasteiger partial charge in [0, 0.05) is 11.8 Å². The molecule has 0 bridgehead atoms. The second-order valence-electron chi connectivity index (χ2n) is 5.86. The predicted molar refractivity (Wildman–Crippen MR) is 101 cm³/mol. The number of hydrogen-bond donors (Lipinski definition) is 3. The molecule has 146 valence electrons. The lowest BCUT2D eigenvalue weighted by Gasteiger charge is -2.11. The fraction of sp³-hybridized carbons (Fsp3) is 0.167. The number of esters is 1. The Hall–Kier alpha value is -3.95. The van der Waals surface area contributed by atoms with Crippen molar-refractivity contribution >= 4 is 35.0 Å². The van der Waals surface area contributed by atoms with Crippen LogP contribution in [0.15, 0.2) is 36.4 Å².